The number of benzene rings is 3. The molecule has 0 aliphatic rings. The molecule has 0 saturated heterocycles. The summed E-state index contributed by atoms with van der Waals surface area (Å²) in [7, 11) is -3.34. The van der Waals surface area contributed by atoms with Gasteiger partial charge in [0, 0.05) is 21.7 Å². The summed E-state index contributed by atoms with van der Waals surface area (Å²) in [6, 6.07) is 21.3. The Morgan fingerprint density at radius 3 is 2.21 bits per heavy atom. The van der Waals surface area contributed by atoms with Crippen molar-refractivity contribution in [1.29, 1.82) is 0 Å². The van der Waals surface area contributed by atoms with Crippen molar-refractivity contribution in [3.8, 4) is 11.1 Å². The second-order valence-corrected chi connectivity index (χ2v) is 11.1. The van der Waals surface area contributed by atoms with Gasteiger partial charge in [0.2, 0.25) is 0 Å². The number of pyridine rings is 1. The molecule has 5 nitrogen and oxygen atoms in total. The van der Waals surface area contributed by atoms with Gasteiger partial charge in [0.1, 0.15) is 0 Å². The van der Waals surface area contributed by atoms with Crippen LogP contribution in [0.4, 0.5) is 0 Å². The Balaban J connectivity index is 2.03. The number of nitrogens with zero attached hydrogens (tertiary/aromatic N) is 1. The Bertz CT molecular complexity index is 1530. The van der Waals surface area contributed by atoms with Crippen LogP contribution in [0.5, 0.6) is 0 Å². The van der Waals surface area contributed by atoms with Crippen LogP contribution in [0.3, 0.4) is 0 Å². The van der Waals surface area contributed by atoms with Crippen LogP contribution >= 0.6 is 31.9 Å². The average Bonchev–Trinajstić information content (AvgIpc) is 2.80. The SMILES string of the molecule is CS(=O)(=O)c1ccc(Cn2c(C(=O)CBr)c(-c3ccccc3)c3cc(Br)ccc3c2=O)cc1. The molecule has 3 aromatic carbocycles. The first-order valence-corrected chi connectivity index (χ1v) is 13.8. The zero-order valence-corrected chi connectivity index (χ0v) is 21.6. The number of carbonyl (C=O) groups is 1. The van der Waals surface area contributed by atoms with Crippen molar-refractivity contribution in [3.05, 3.63) is 98.9 Å². The van der Waals surface area contributed by atoms with E-state index in [-0.39, 0.29) is 28.1 Å². The van der Waals surface area contributed by atoms with Gasteiger partial charge in [0.25, 0.3) is 5.56 Å². The highest BCUT2D eigenvalue weighted by Crippen LogP contribution is 2.33. The van der Waals surface area contributed by atoms with Crippen LogP contribution in [0, 0.1) is 0 Å². The van der Waals surface area contributed by atoms with Crippen molar-refractivity contribution >= 4 is 58.3 Å². The van der Waals surface area contributed by atoms with Gasteiger partial charge in [-0.25, -0.2) is 8.42 Å². The van der Waals surface area contributed by atoms with Gasteiger partial charge in [-0.05, 0) is 46.8 Å². The maximum absolute atomic E-state index is 13.6. The number of hydrogen-bond acceptors (Lipinski definition) is 4. The molecule has 0 bridgehead atoms. The lowest BCUT2D eigenvalue weighted by molar-refractivity contribution is 0.101. The highest BCUT2D eigenvalue weighted by atomic mass is 79.9. The molecule has 0 radical (unpaired) electrons. The maximum atomic E-state index is 13.6. The molecule has 0 atom stereocenters. The van der Waals surface area contributed by atoms with E-state index in [0.717, 1.165) is 16.3 Å². The first-order chi connectivity index (χ1) is 15.7. The Morgan fingerprint density at radius 2 is 1.61 bits per heavy atom. The van der Waals surface area contributed by atoms with E-state index in [1.807, 2.05) is 36.4 Å². The Labute approximate surface area is 208 Å². The third-order valence-corrected chi connectivity index (χ3v) is 7.50. The molecule has 1 heterocycles. The number of Topliss-reactive ketones (excluding diaryl/α,β-unsaturated/α-hetero) is 1. The minimum atomic E-state index is -3.34. The number of halogens is 2. The summed E-state index contributed by atoms with van der Waals surface area (Å²) >= 11 is 6.76. The molecule has 4 rings (SSSR count). The molecule has 0 amide bonds. The minimum Gasteiger partial charge on any atom is -0.300 e. The summed E-state index contributed by atoms with van der Waals surface area (Å²) in [6.07, 6.45) is 1.15. The number of fused-ring (bicyclic) bond motifs is 1. The van der Waals surface area contributed by atoms with Gasteiger partial charge in [-0.1, -0.05) is 74.3 Å². The van der Waals surface area contributed by atoms with Crippen LogP contribution < -0.4 is 5.56 Å². The normalized spacial score (nSPS) is 11.6. The molecule has 33 heavy (non-hydrogen) atoms. The zero-order chi connectivity index (χ0) is 23.8. The van der Waals surface area contributed by atoms with E-state index in [9.17, 15) is 18.0 Å². The van der Waals surface area contributed by atoms with E-state index in [1.54, 1.807) is 24.3 Å². The number of ketones is 1. The number of carbonyl (C=O) groups excluding carboxylic acids is 1. The van der Waals surface area contributed by atoms with Crippen LogP contribution in [-0.2, 0) is 16.4 Å². The first-order valence-electron chi connectivity index (χ1n) is 10.0. The lowest BCUT2D eigenvalue weighted by atomic mass is 9.95. The molecule has 0 aliphatic heterocycles. The lowest BCUT2D eigenvalue weighted by Gasteiger charge is -2.19. The molecule has 0 fully saturated rings. The quantitative estimate of drug-likeness (QED) is 0.221. The molecule has 0 spiro atoms. The second kappa shape index (κ2) is 9.37. The second-order valence-electron chi connectivity index (χ2n) is 7.64. The van der Waals surface area contributed by atoms with Crippen molar-refractivity contribution in [2.45, 2.75) is 11.4 Å². The van der Waals surface area contributed by atoms with Gasteiger partial charge in [-0.3, -0.25) is 14.2 Å². The van der Waals surface area contributed by atoms with Gasteiger partial charge >= 0.3 is 0 Å². The average molecular weight is 589 g/mol. The molecule has 168 valence electrons. The van der Waals surface area contributed by atoms with E-state index in [0.29, 0.717) is 27.6 Å². The van der Waals surface area contributed by atoms with E-state index in [1.165, 1.54) is 16.7 Å². The van der Waals surface area contributed by atoms with E-state index in [2.05, 4.69) is 31.9 Å². The van der Waals surface area contributed by atoms with Crippen molar-refractivity contribution in [1.82, 2.24) is 4.57 Å². The Morgan fingerprint density at radius 1 is 0.939 bits per heavy atom. The van der Waals surface area contributed by atoms with Crippen LogP contribution in [0.1, 0.15) is 16.1 Å². The predicted octanol–water partition coefficient (Wildman–Crippen LogP) is 5.46. The molecule has 4 aromatic rings. The molecule has 0 saturated carbocycles. The van der Waals surface area contributed by atoms with Gasteiger partial charge in [0.15, 0.2) is 15.6 Å². The van der Waals surface area contributed by atoms with Crippen molar-refractivity contribution < 1.29 is 13.2 Å². The van der Waals surface area contributed by atoms with Gasteiger partial charge in [-0.15, -0.1) is 0 Å². The molecule has 0 aliphatic carbocycles. The van der Waals surface area contributed by atoms with Crippen molar-refractivity contribution in [3.63, 3.8) is 0 Å². The predicted molar refractivity (Wildman–Crippen MR) is 138 cm³/mol. The Kier molecular flexibility index (Phi) is 6.70. The van der Waals surface area contributed by atoms with Gasteiger partial charge < -0.3 is 0 Å². The number of hydrogen-bond donors (Lipinski definition) is 0. The highest BCUT2D eigenvalue weighted by Gasteiger charge is 2.23. The van der Waals surface area contributed by atoms with Gasteiger partial charge in [-0.2, -0.15) is 0 Å². The third kappa shape index (κ3) is 4.74. The minimum absolute atomic E-state index is 0.0544. The summed E-state index contributed by atoms with van der Waals surface area (Å²) in [5, 5.41) is 1.24. The summed E-state index contributed by atoms with van der Waals surface area (Å²) in [4.78, 5) is 27.0. The van der Waals surface area contributed by atoms with Crippen molar-refractivity contribution in [2.75, 3.05) is 11.6 Å². The van der Waals surface area contributed by atoms with Crippen LogP contribution in [-0.4, -0.2) is 30.4 Å². The molecule has 0 N–H and O–H groups in total. The van der Waals surface area contributed by atoms with E-state index in [4.69, 9.17) is 0 Å². The molecular weight excluding hydrogens is 570 g/mol. The van der Waals surface area contributed by atoms with E-state index < -0.39 is 9.84 Å². The molecular formula is C25H19Br2NO4S. The van der Waals surface area contributed by atoms with Gasteiger partial charge in [0.05, 0.1) is 22.5 Å². The number of sulfone groups is 1. The Hall–Kier alpha value is -2.55. The molecule has 0 unspecified atom stereocenters. The number of aromatic nitrogens is 1. The first kappa shape index (κ1) is 23.6. The van der Waals surface area contributed by atoms with Crippen LogP contribution in [0.25, 0.3) is 21.9 Å². The smallest absolute Gasteiger partial charge is 0.259 e. The van der Waals surface area contributed by atoms with Crippen LogP contribution in [0.2, 0.25) is 0 Å². The molecule has 1 aromatic heterocycles. The number of alkyl halides is 1. The summed E-state index contributed by atoms with van der Waals surface area (Å²) in [5.41, 5.74) is 2.24. The fourth-order valence-electron chi connectivity index (χ4n) is 3.85. The van der Waals surface area contributed by atoms with E-state index >= 15 is 0 Å². The monoisotopic (exact) mass is 587 g/mol. The highest BCUT2D eigenvalue weighted by molar-refractivity contribution is 9.10. The zero-order valence-electron chi connectivity index (χ0n) is 17.6. The molecule has 8 heteroatoms. The summed E-state index contributed by atoms with van der Waals surface area (Å²) in [6.45, 7) is 0.128. The lowest BCUT2D eigenvalue weighted by Crippen LogP contribution is -2.28. The summed E-state index contributed by atoms with van der Waals surface area (Å²) < 4.78 is 25.9. The maximum Gasteiger partial charge on any atom is 0.259 e. The summed E-state index contributed by atoms with van der Waals surface area (Å²) in [5.74, 6) is -0.222. The third-order valence-electron chi connectivity index (χ3n) is 5.37. The van der Waals surface area contributed by atoms with Crippen molar-refractivity contribution in [2.24, 2.45) is 0 Å². The fourth-order valence-corrected chi connectivity index (χ4v) is 5.10. The fraction of sp³-hybridized carbons (Fsp3) is 0.120. The topological polar surface area (TPSA) is 73.2 Å². The van der Waals surface area contributed by atoms with Crippen LogP contribution in [0.15, 0.2) is 87.0 Å². The number of rotatable bonds is 6. The largest absolute Gasteiger partial charge is 0.300 e. The standard InChI is InChI=1S/C25H19Br2NO4S/c1-33(31,32)19-10-7-16(8-11-19)15-28-24(22(29)14-26)23(17-5-3-2-4-6-17)21-13-18(27)9-12-20(21)25(28)30/h2-13H,14-15H2,1H3.